The molecule has 0 aliphatic carbocycles. The first-order valence-electron chi connectivity index (χ1n) is 4.92. The van der Waals surface area contributed by atoms with Crippen molar-refractivity contribution in [3.8, 4) is 0 Å². The molecule has 0 amide bonds. The Labute approximate surface area is 112 Å². The third-order valence-corrected chi connectivity index (χ3v) is 3.82. The Morgan fingerprint density at radius 3 is 2.71 bits per heavy atom. The van der Waals surface area contributed by atoms with Crippen molar-refractivity contribution in [1.82, 2.24) is 15.0 Å². The summed E-state index contributed by atoms with van der Waals surface area (Å²) in [5.41, 5.74) is 0.895. The molecule has 0 aliphatic heterocycles. The lowest BCUT2D eigenvalue weighted by Crippen LogP contribution is -1.97. The average molecular weight is 315 g/mol. The van der Waals surface area contributed by atoms with Gasteiger partial charge in [-0.25, -0.2) is 15.0 Å². The first-order valence-corrected chi connectivity index (χ1v) is 6.53. The lowest BCUT2D eigenvalue weighted by atomic mass is 10.4. The normalized spacial score (nSPS) is 10.6. The molecule has 0 bridgehead atoms. The lowest BCUT2D eigenvalue weighted by Gasteiger charge is -2.02. The van der Waals surface area contributed by atoms with Gasteiger partial charge in [0.25, 0.3) is 5.22 Å². The summed E-state index contributed by atoms with van der Waals surface area (Å²) >= 11 is 4.76. The molecular weight excluding hydrogens is 304 g/mol. The van der Waals surface area contributed by atoms with Crippen LogP contribution < -0.4 is 5.32 Å². The molecule has 0 radical (unpaired) electrons. The molecule has 2 rings (SSSR count). The number of oxazole rings is 1. The summed E-state index contributed by atoms with van der Waals surface area (Å²) in [6.07, 6.45) is 1.70. The third-order valence-electron chi connectivity index (χ3n) is 2.13. The number of hydrogen-bond donors (Lipinski definition) is 1. The van der Waals surface area contributed by atoms with Gasteiger partial charge in [0.1, 0.15) is 10.8 Å². The van der Waals surface area contributed by atoms with Gasteiger partial charge >= 0.3 is 0 Å². The van der Waals surface area contributed by atoms with E-state index in [0.29, 0.717) is 11.2 Å². The van der Waals surface area contributed by atoms with Crippen molar-refractivity contribution in [3.63, 3.8) is 0 Å². The van der Waals surface area contributed by atoms with Crippen molar-refractivity contribution in [2.24, 2.45) is 0 Å². The fraction of sp³-hybridized carbons (Fsp3) is 0.300. The zero-order chi connectivity index (χ0) is 12.4. The van der Waals surface area contributed by atoms with E-state index in [4.69, 9.17) is 4.42 Å². The molecule has 2 aromatic heterocycles. The van der Waals surface area contributed by atoms with Crippen LogP contribution in [0.15, 0.2) is 25.3 Å². The molecule has 0 unspecified atom stereocenters. The smallest absolute Gasteiger partial charge is 0.262 e. The van der Waals surface area contributed by atoms with E-state index in [1.54, 1.807) is 13.2 Å². The molecule has 17 heavy (non-hydrogen) atoms. The minimum Gasteiger partial charge on any atom is -0.436 e. The molecule has 0 aromatic carbocycles. The lowest BCUT2D eigenvalue weighted by molar-refractivity contribution is 0.431. The van der Waals surface area contributed by atoms with E-state index in [-0.39, 0.29) is 0 Å². The molecule has 90 valence electrons. The van der Waals surface area contributed by atoms with E-state index in [1.165, 1.54) is 11.8 Å². The standard InChI is InChI=1S/C10H11BrN4OS/c1-5-6(2)16-10(14-5)17-8-7(11)4-13-9(12-3)15-8/h4H,1-3H3,(H,12,13,15). The number of aromatic nitrogens is 3. The number of aryl methyl sites for hydroxylation is 2. The number of nitrogens with one attached hydrogen (secondary N) is 1. The first-order chi connectivity index (χ1) is 8.10. The molecule has 0 fully saturated rings. The van der Waals surface area contributed by atoms with Crippen LogP contribution in [0.5, 0.6) is 0 Å². The largest absolute Gasteiger partial charge is 0.436 e. The van der Waals surface area contributed by atoms with Gasteiger partial charge in [0.05, 0.1) is 10.2 Å². The van der Waals surface area contributed by atoms with Crippen LogP contribution >= 0.6 is 27.7 Å². The highest BCUT2D eigenvalue weighted by Gasteiger charge is 2.12. The summed E-state index contributed by atoms with van der Waals surface area (Å²) < 4.78 is 6.31. The van der Waals surface area contributed by atoms with Crippen molar-refractivity contribution in [2.75, 3.05) is 12.4 Å². The van der Waals surface area contributed by atoms with Crippen molar-refractivity contribution < 1.29 is 4.42 Å². The summed E-state index contributed by atoms with van der Waals surface area (Å²) in [5.74, 6) is 1.39. The third kappa shape index (κ3) is 2.78. The van der Waals surface area contributed by atoms with E-state index in [2.05, 4.69) is 36.2 Å². The maximum absolute atomic E-state index is 5.50. The molecule has 0 spiro atoms. The van der Waals surface area contributed by atoms with E-state index in [1.807, 2.05) is 13.8 Å². The van der Waals surface area contributed by atoms with Crippen molar-refractivity contribution in [1.29, 1.82) is 0 Å². The molecule has 7 heteroatoms. The molecule has 0 aliphatic rings. The van der Waals surface area contributed by atoms with Gasteiger partial charge in [0.2, 0.25) is 5.95 Å². The van der Waals surface area contributed by atoms with Crippen LogP contribution in [0.4, 0.5) is 5.95 Å². The average Bonchev–Trinajstić information content (AvgIpc) is 2.61. The number of halogens is 1. The van der Waals surface area contributed by atoms with Crippen LogP contribution in [0.3, 0.4) is 0 Å². The fourth-order valence-electron chi connectivity index (χ4n) is 1.11. The van der Waals surface area contributed by atoms with Gasteiger partial charge in [-0.1, -0.05) is 0 Å². The van der Waals surface area contributed by atoms with Crippen LogP contribution in [-0.2, 0) is 0 Å². The SMILES string of the molecule is CNc1ncc(Br)c(Sc2nc(C)c(C)o2)n1. The Balaban J connectivity index is 2.28. The second kappa shape index (κ2) is 5.05. The van der Waals surface area contributed by atoms with Crippen molar-refractivity contribution in [3.05, 3.63) is 22.1 Å². The number of anilines is 1. The highest BCUT2D eigenvalue weighted by atomic mass is 79.9. The van der Waals surface area contributed by atoms with E-state index < -0.39 is 0 Å². The monoisotopic (exact) mass is 314 g/mol. The van der Waals surface area contributed by atoms with Gasteiger partial charge < -0.3 is 9.73 Å². The first kappa shape index (κ1) is 12.4. The zero-order valence-corrected chi connectivity index (χ0v) is 12.0. The molecular formula is C10H11BrN4OS. The van der Waals surface area contributed by atoms with E-state index in [9.17, 15) is 0 Å². The van der Waals surface area contributed by atoms with Crippen molar-refractivity contribution in [2.45, 2.75) is 24.1 Å². The van der Waals surface area contributed by atoms with Crippen molar-refractivity contribution >= 4 is 33.6 Å². The number of rotatable bonds is 3. The van der Waals surface area contributed by atoms with Gasteiger partial charge in [0.15, 0.2) is 0 Å². The van der Waals surface area contributed by atoms with Crippen LogP contribution in [-0.4, -0.2) is 22.0 Å². The second-order valence-corrected chi connectivity index (χ2v) is 5.11. The molecule has 5 nitrogen and oxygen atoms in total. The maximum atomic E-state index is 5.50. The molecule has 0 atom stereocenters. The van der Waals surface area contributed by atoms with Crippen LogP contribution in [0.25, 0.3) is 0 Å². The molecule has 2 aromatic rings. The second-order valence-electron chi connectivity index (χ2n) is 3.32. The zero-order valence-electron chi connectivity index (χ0n) is 9.61. The summed E-state index contributed by atoms with van der Waals surface area (Å²) in [7, 11) is 1.77. The van der Waals surface area contributed by atoms with Gasteiger partial charge in [-0.15, -0.1) is 0 Å². The van der Waals surface area contributed by atoms with Gasteiger partial charge in [-0.3, -0.25) is 0 Å². The maximum Gasteiger partial charge on any atom is 0.262 e. The Morgan fingerprint density at radius 2 is 2.12 bits per heavy atom. The molecule has 1 N–H and O–H groups in total. The summed E-state index contributed by atoms with van der Waals surface area (Å²) in [4.78, 5) is 12.7. The Hall–Kier alpha value is -1.08. The topological polar surface area (TPSA) is 63.8 Å². The summed E-state index contributed by atoms with van der Waals surface area (Å²) in [6, 6.07) is 0. The Bertz CT molecular complexity index is 524. The highest BCUT2D eigenvalue weighted by Crippen LogP contribution is 2.32. The fourth-order valence-corrected chi connectivity index (χ4v) is 2.34. The molecule has 0 saturated heterocycles. The van der Waals surface area contributed by atoms with Crippen LogP contribution in [0.2, 0.25) is 0 Å². The van der Waals surface area contributed by atoms with Crippen LogP contribution in [0.1, 0.15) is 11.5 Å². The van der Waals surface area contributed by atoms with Crippen LogP contribution in [0, 0.1) is 13.8 Å². The summed E-state index contributed by atoms with van der Waals surface area (Å²) in [5, 5.41) is 4.24. The predicted molar refractivity (Wildman–Crippen MR) is 69.4 cm³/mol. The number of nitrogens with zero attached hydrogens (tertiary/aromatic N) is 3. The minimum absolute atomic E-state index is 0.565. The quantitative estimate of drug-likeness (QED) is 0.878. The Kier molecular flexibility index (Phi) is 3.68. The van der Waals surface area contributed by atoms with Gasteiger partial charge in [-0.2, -0.15) is 0 Å². The van der Waals surface area contributed by atoms with Gasteiger partial charge in [0, 0.05) is 13.2 Å². The highest BCUT2D eigenvalue weighted by molar-refractivity contribution is 9.10. The molecule has 2 heterocycles. The summed E-state index contributed by atoms with van der Waals surface area (Å²) in [6.45, 7) is 3.80. The van der Waals surface area contributed by atoms with E-state index in [0.717, 1.165) is 21.0 Å². The Morgan fingerprint density at radius 1 is 1.35 bits per heavy atom. The number of hydrogen-bond acceptors (Lipinski definition) is 6. The predicted octanol–water partition coefficient (Wildman–Crippen LogP) is 3.04. The van der Waals surface area contributed by atoms with Gasteiger partial charge in [-0.05, 0) is 41.5 Å². The molecule has 0 saturated carbocycles. The minimum atomic E-state index is 0.565. The van der Waals surface area contributed by atoms with E-state index >= 15 is 0 Å².